The van der Waals surface area contributed by atoms with E-state index in [-0.39, 0.29) is 43.3 Å². The molecule has 14 heteroatoms. The van der Waals surface area contributed by atoms with E-state index in [1.54, 1.807) is 31.2 Å². The van der Waals surface area contributed by atoms with E-state index in [1.807, 2.05) is 4.90 Å². The number of alkyl halides is 6. The highest BCUT2D eigenvalue weighted by molar-refractivity contribution is 5.77. The predicted octanol–water partition coefficient (Wildman–Crippen LogP) is 7.77. The van der Waals surface area contributed by atoms with Crippen LogP contribution in [0.5, 0.6) is 5.75 Å². The van der Waals surface area contributed by atoms with Crippen LogP contribution < -0.4 is 4.90 Å². The van der Waals surface area contributed by atoms with Gasteiger partial charge in [-0.3, -0.25) is 9.69 Å². The molecule has 48 heavy (non-hydrogen) atoms. The molecule has 3 aromatic rings. The average Bonchev–Trinajstić information content (AvgIpc) is 3.49. The van der Waals surface area contributed by atoms with Crippen molar-refractivity contribution in [3.8, 4) is 16.9 Å². The quantitative estimate of drug-likeness (QED) is 0.193. The molecule has 1 aromatic heterocycles. The number of ether oxygens (including phenoxy) is 2. The number of phenolic OH excluding ortho intramolecular Hbond substituents is 1. The molecule has 1 N–H and O–H groups in total. The van der Waals surface area contributed by atoms with Crippen LogP contribution in [0.25, 0.3) is 11.1 Å². The third-order valence-corrected chi connectivity index (χ3v) is 9.26. The van der Waals surface area contributed by atoms with Gasteiger partial charge < -0.3 is 19.5 Å². The molecule has 0 saturated carbocycles. The van der Waals surface area contributed by atoms with Crippen molar-refractivity contribution >= 4 is 17.9 Å². The second kappa shape index (κ2) is 12.5. The lowest BCUT2D eigenvalue weighted by Gasteiger charge is -2.33. The highest BCUT2D eigenvalue weighted by Gasteiger charge is 2.44. The molecule has 3 aliphatic rings. The number of nitrogens with zero attached hydrogens (tertiary/aromatic N) is 3. The van der Waals surface area contributed by atoms with Gasteiger partial charge in [0.05, 0.1) is 42.4 Å². The number of aromatic hydroxyl groups is 1. The summed E-state index contributed by atoms with van der Waals surface area (Å²) < 4.78 is 92.2. The van der Waals surface area contributed by atoms with Gasteiger partial charge in [-0.15, -0.1) is 0 Å². The predicted molar refractivity (Wildman–Crippen MR) is 161 cm³/mol. The number of aromatic nitrogens is 1. The van der Waals surface area contributed by atoms with Crippen LogP contribution in [-0.4, -0.2) is 52.8 Å². The molecule has 2 aliphatic heterocycles. The van der Waals surface area contributed by atoms with E-state index in [2.05, 4.69) is 0 Å². The van der Waals surface area contributed by atoms with E-state index in [4.69, 9.17) is 14.5 Å². The number of phenols is 1. The zero-order valence-corrected chi connectivity index (χ0v) is 26.1. The summed E-state index contributed by atoms with van der Waals surface area (Å²) in [7, 11) is 0. The van der Waals surface area contributed by atoms with Gasteiger partial charge in [-0.1, -0.05) is 0 Å². The van der Waals surface area contributed by atoms with Crippen LogP contribution >= 0.6 is 0 Å². The third kappa shape index (κ3) is 6.48. The van der Waals surface area contributed by atoms with Crippen molar-refractivity contribution in [1.29, 1.82) is 0 Å². The van der Waals surface area contributed by atoms with Crippen LogP contribution in [0.3, 0.4) is 0 Å². The average molecular weight is 678 g/mol. The van der Waals surface area contributed by atoms with Gasteiger partial charge in [-0.25, -0.2) is 9.78 Å². The Bertz CT molecular complexity index is 1710. The van der Waals surface area contributed by atoms with Gasteiger partial charge in [-0.2, -0.15) is 26.3 Å². The summed E-state index contributed by atoms with van der Waals surface area (Å²) in [6, 6.07) is 7.19. The Morgan fingerprint density at radius 3 is 2.31 bits per heavy atom. The molecule has 3 heterocycles. The maximum Gasteiger partial charge on any atom is 0.416 e. The van der Waals surface area contributed by atoms with Crippen LogP contribution in [0.15, 0.2) is 42.5 Å². The largest absolute Gasteiger partial charge is 0.507 e. The lowest BCUT2D eigenvalue weighted by Crippen LogP contribution is -2.38. The van der Waals surface area contributed by atoms with E-state index < -0.39 is 47.3 Å². The molecule has 0 spiro atoms. The first-order valence-electron chi connectivity index (χ1n) is 15.7. The summed E-state index contributed by atoms with van der Waals surface area (Å²) in [5.74, 6) is 0.123. The first kappa shape index (κ1) is 33.4. The second-order valence-electron chi connectivity index (χ2n) is 12.3. The number of hydrogen-bond donors (Lipinski definition) is 1. The Balaban J connectivity index is 1.36. The standard InChI is InChI=1S/C34H33F6N3O5/c1-3-47-30(45)14-20-6-5-19-13-28(44)26(16-25(19)20)24-7-8-29(42-9-4-10-42)41-27(24)17-43-18(2)31(48-32(43)46)21-11-22(33(35,36)37)15-23(12-21)34(38,39)40/h7-8,11-13,15-16,18,20,31,44H,3-6,9-10,14,17H2,1-2H3/t18-,20?,31-/m0/s1. The number of amides is 1. The summed E-state index contributed by atoms with van der Waals surface area (Å²) in [6.45, 7) is 4.77. The van der Waals surface area contributed by atoms with Gasteiger partial charge >= 0.3 is 24.4 Å². The van der Waals surface area contributed by atoms with Crippen molar-refractivity contribution in [2.75, 3.05) is 24.6 Å². The lowest BCUT2D eigenvalue weighted by molar-refractivity contribution is -0.144. The molecular formula is C34H33F6N3O5. The number of carbonyl (C=O) groups is 2. The molecule has 1 amide bonds. The van der Waals surface area contributed by atoms with Gasteiger partial charge in [0.25, 0.3) is 0 Å². The molecule has 3 atom stereocenters. The van der Waals surface area contributed by atoms with Crippen LogP contribution in [0, 0.1) is 0 Å². The Hall–Kier alpha value is -4.49. The van der Waals surface area contributed by atoms with E-state index in [0.29, 0.717) is 47.6 Å². The van der Waals surface area contributed by atoms with Gasteiger partial charge in [0.1, 0.15) is 17.7 Å². The number of carbonyl (C=O) groups excluding carboxylic acids is 2. The van der Waals surface area contributed by atoms with Crippen molar-refractivity contribution in [3.05, 3.63) is 76.0 Å². The fourth-order valence-electron chi connectivity index (χ4n) is 6.62. The number of anilines is 1. The van der Waals surface area contributed by atoms with Crippen LogP contribution in [0.4, 0.5) is 37.0 Å². The van der Waals surface area contributed by atoms with Crippen LogP contribution in [-0.2, 0) is 39.6 Å². The van der Waals surface area contributed by atoms with Crippen LogP contribution in [0.2, 0.25) is 0 Å². The van der Waals surface area contributed by atoms with Crippen molar-refractivity contribution in [2.45, 2.75) is 76.5 Å². The molecule has 2 fully saturated rings. The summed E-state index contributed by atoms with van der Waals surface area (Å²) in [5.41, 5.74) is -0.438. The maximum atomic E-state index is 13.6. The SMILES string of the molecule is CCOC(=O)CC1CCc2cc(O)c(-c3ccc(N4CCC4)nc3CN3C(=O)O[C@H](c4cc(C(F)(F)F)cc(C(F)(F)F)c4)[C@@H]3C)cc21. The highest BCUT2D eigenvalue weighted by atomic mass is 19.4. The van der Waals surface area contributed by atoms with E-state index in [1.165, 1.54) is 11.8 Å². The number of pyridine rings is 1. The summed E-state index contributed by atoms with van der Waals surface area (Å²) in [4.78, 5) is 33.5. The maximum absolute atomic E-state index is 13.6. The third-order valence-electron chi connectivity index (χ3n) is 9.26. The minimum absolute atomic E-state index is 0.0283. The Kier molecular flexibility index (Phi) is 8.71. The zero-order chi connectivity index (χ0) is 34.5. The van der Waals surface area contributed by atoms with Gasteiger partial charge in [0.2, 0.25) is 0 Å². The van der Waals surface area contributed by atoms with Crippen molar-refractivity contribution in [1.82, 2.24) is 9.88 Å². The second-order valence-corrected chi connectivity index (χ2v) is 12.3. The number of halogens is 6. The molecule has 0 radical (unpaired) electrons. The molecule has 0 bridgehead atoms. The molecule has 1 unspecified atom stereocenters. The zero-order valence-electron chi connectivity index (χ0n) is 26.1. The monoisotopic (exact) mass is 677 g/mol. The molecule has 2 aromatic carbocycles. The number of benzene rings is 2. The molecule has 256 valence electrons. The molecule has 6 rings (SSSR count). The number of esters is 1. The van der Waals surface area contributed by atoms with Crippen molar-refractivity contribution < 1.29 is 50.5 Å². The van der Waals surface area contributed by atoms with Gasteiger partial charge in [-0.05, 0) is 98.2 Å². The number of hydrogen-bond acceptors (Lipinski definition) is 7. The van der Waals surface area contributed by atoms with Gasteiger partial charge in [0, 0.05) is 24.2 Å². The van der Waals surface area contributed by atoms with E-state index >= 15 is 0 Å². The number of aryl methyl sites for hydroxylation is 1. The molecule has 1 aliphatic carbocycles. The highest BCUT2D eigenvalue weighted by Crippen LogP contribution is 2.45. The minimum Gasteiger partial charge on any atom is -0.507 e. The molecule has 2 saturated heterocycles. The fraction of sp³-hybridized carbons (Fsp3) is 0.441. The summed E-state index contributed by atoms with van der Waals surface area (Å²) in [6.07, 6.45) is -10.0. The Morgan fingerprint density at radius 1 is 1.02 bits per heavy atom. The lowest BCUT2D eigenvalue weighted by atomic mass is 9.92. The number of cyclic esters (lactones) is 1. The topological polar surface area (TPSA) is 92.2 Å². The minimum atomic E-state index is -5.06. The number of fused-ring (bicyclic) bond motifs is 1. The molecular weight excluding hydrogens is 644 g/mol. The van der Waals surface area contributed by atoms with Crippen LogP contribution in [0.1, 0.15) is 78.6 Å². The first-order valence-corrected chi connectivity index (χ1v) is 15.7. The number of rotatable bonds is 8. The van der Waals surface area contributed by atoms with E-state index in [0.717, 1.165) is 30.6 Å². The Labute approximate surface area is 272 Å². The summed E-state index contributed by atoms with van der Waals surface area (Å²) >= 11 is 0. The first-order chi connectivity index (χ1) is 22.6. The van der Waals surface area contributed by atoms with Gasteiger partial charge in [0.15, 0.2) is 0 Å². The van der Waals surface area contributed by atoms with Crippen molar-refractivity contribution in [3.63, 3.8) is 0 Å². The van der Waals surface area contributed by atoms with Crippen molar-refractivity contribution in [2.24, 2.45) is 0 Å². The summed E-state index contributed by atoms with van der Waals surface area (Å²) in [5, 5.41) is 11.2. The fourth-order valence-corrected chi connectivity index (χ4v) is 6.62. The smallest absolute Gasteiger partial charge is 0.416 e. The van der Waals surface area contributed by atoms with E-state index in [9.17, 15) is 41.0 Å². The Morgan fingerprint density at radius 2 is 1.71 bits per heavy atom. The normalized spacial score (nSPS) is 20.8. The molecule has 8 nitrogen and oxygen atoms in total.